The summed E-state index contributed by atoms with van der Waals surface area (Å²) < 4.78 is 5.77. The van der Waals surface area contributed by atoms with Crippen LogP contribution >= 0.6 is 0 Å². The first-order chi connectivity index (χ1) is 17.9. The van der Waals surface area contributed by atoms with Crippen molar-refractivity contribution in [3.63, 3.8) is 0 Å². The molecule has 1 aliphatic rings. The number of aliphatic hydroxyl groups excluding tert-OH is 1. The van der Waals surface area contributed by atoms with E-state index >= 15 is 0 Å². The first-order valence-electron chi connectivity index (χ1n) is 13.0. The van der Waals surface area contributed by atoms with E-state index in [0.717, 1.165) is 11.1 Å². The summed E-state index contributed by atoms with van der Waals surface area (Å²) in [6, 6.07) is 18.8. The molecule has 0 saturated heterocycles. The van der Waals surface area contributed by atoms with E-state index in [-0.39, 0.29) is 49.4 Å². The number of carbonyl (C=O) groups is 3. The first kappa shape index (κ1) is 28.1. The van der Waals surface area contributed by atoms with Gasteiger partial charge in [-0.3, -0.25) is 14.4 Å². The molecule has 0 fully saturated rings. The lowest BCUT2D eigenvalue weighted by atomic mass is 9.94. The van der Waals surface area contributed by atoms with Gasteiger partial charge in [-0.25, -0.2) is 0 Å². The molecule has 0 radical (unpaired) electrons. The Balaban J connectivity index is 1.77. The van der Waals surface area contributed by atoms with E-state index < -0.39 is 12.0 Å². The molecule has 4 unspecified atom stereocenters. The van der Waals surface area contributed by atoms with Crippen LogP contribution in [0.1, 0.15) is 43.7 Å². The van der Waals surface area contributed by atoms with Gasteiger partial charge in [0.15, 0.2) is 0 Å². The van der Waals surface area contributed by atoms with Crippen molar-refractivity contribution in [1.29, 1.82) is 0 Å². The number of carbonyl (C=O) groups excluding carboxylic acids is 3. The molecular weight excluding hydrogens is 468 g/mol. The number of aliphatic hydroxyl groups is 1. The molecule has 4 atom stereocenters. The van der Waals surface area contributed by atoms with Gasteiger partial charge in [0.05, 0.1) is 24.5 Å². The fourth-order valence-corrected chi connectivity index (χ4v) is 4.43. The normalized spacial score (nSPS) is 21.9. The second-order valence-electron chi connectivity index (χ2n) is 9.75. The number of amides is 2. The highest BCUT2D eigenvalue weighted by atomic mass is 16.5. The maximum absolute atomic E-state index is 13.3. The Kier molecular flexibility index (Phi) is 11.4. The monoisotopic (exact) mass is 506 g/mol. The van der Waals surface area contributed by atoms with Crippen LogP contribution in [-0.2, 0) is 32.0 Å². The average Bonchev–Trinajstić information content (AvgIpc) is 2.91. The second-order valence-corrected chi connectivity index (χ2v) is 9.75. The van der Waals surface area contributed by atoms with Crippen LogP contribution in [0.25, 0.3) is 0 Å². The van der Waals surface area contributed by atoms with Crippen molar-refractivity contribution >= 4 is 17.8 Å². The quantitative estimate of drug-likeness (QED) is 0.376. The van der Waals surface area contributed by atoms with Crippen LogP contribution in [0.5, 0.6) is 0 Å². The zero-order valence-corrected chi connectivity index (χ0v) is 21.5. The fraction of sp³-hybridized carbons (Fsp3) is 0.433. The molecule has 1 heterocycles. The van der Waals surface area contributed by atoms with E-state index in [1.54, 1.807) is 6.92 Å². The van der Waals surface area contributed by atoms with Crippen LogP contribution in [0.2, 0.25) is 0 Å². The zero-order valence-electron chi connectivity index (χ0n) is 21.5. The van der Waals surface area contributed by atoms with Crippen molar-refractivity contribution < 1.29 is 24.2 Å². The molecule has 2 aromatic rings. The van der Waals surface area contributed by atoms with Gasteiger partial charge >= 0.3 is 5.97 Å². The minimum atomic E-state index is -0.572. The molecular formula is C30H38N2O5. The first-order valence-corrected chi connectivity index (χ1v) is 13.0. The maximum Gasteiger partial charge on any atom is 0.309 e. The summed E-state index contributed by atoms with van der Waals surface area (Å²) in [6.07, 6.45) is 6.70. The van der Waals surface area contributed by atoms with E-state index in [0.29, 0.717) is 32.1 Å². The molecule has 7 nitrogen and oxygen atoms in total. The van der Waals surface area contributed by atoms with Gasteiger partial charge in [0, 0.05) is 12.5 Å². The predicted molar refractivity (Wildman–Crippen MR) is 142 cm³/mol. The predicted octanol–water partition coefficient (Wildman–Crippen LogP) is 3.36. The number of allylic oxidation sites excluding steroid dienone is 2. The number of cyclic esters (lactones) is 1. The highest BCUT2D eigenvalue weighted by molar-refractivity contribution is 5.86. The number of benzene rings is 2. The third-order valence-electron chi connectivity index (χ3n) is 6.51. The SMILES string of the molecule is CC(CO)NC(=O)CC1CC=CCCC(Cc2ccccc2)C(=O)OCC(Cc2ccccc2)NC1=O. The van der Waals surface area contributed by atoms with Gasteiger partial charge in [0.1, 0.15) is 6.61 Å². The van der Waals surface area contributed by atoms with E-state index in [9.17, 15) is 19.5 Å². The van der Waals surface area contributed by atoms with Crippen LogP contribution in [0.4, 0.5) is 0 Å². The van der Waals surface area contributed by atoms with Gasteiger partial charge < -0.3 is 20.5 Å². The van der Waals surface area contributed by atoms with E-state index in [1.165, 1.54) is 0 Å². The largest absolute Gasteiger partial charge is 0.463 e. The molecule has 2 aromatic carbocycles. The molecule has 0 bridgehead atoms. The molecule has 0 saturated carbocycles. The van der Waals surface area contributed by atoms with Crippen LogP contribution in [0.15, 0.2) is 72.8 Å². The van der Waals surface area contributed by atoms with Gasteiger partial charge in [0.25, 0.3) is 0 Å². The summed E-state index contributed by atoms with van der Waals surface area (Å²) in [5.41, 5.74) is 2.09. The summed E-state index contributed by atoms with van der Waals surface area (Å²) in [6.45, 7) is 1.59. The third kappa shape index (κ3) is 9.84. The van der Waals surface area contributed by atoms with Crippen LogP contribution in [0.3, 0.4) is 0 Å². The highest BCUT2D eigenvalue weighted by Crippen LogP contribution is 2.19. The van der Waals surface area contributed by atoms with Crippen molar-refractivity contribution in [2.24, 2.45) is 11.8 Å². The van der Waals surface area contributed by atoms with Crippen molar-refractivity contribution in [2.75, 3.05) is 13.2 Å². The van der Waals surface area contributed by atoms with E-state index in [1.807, 2.05) is 72.8 Å². The van der Waals surface area contributed by atoms with Crippen molar-refractivity contribution in [3.8, 4) is 0 Å². The average molecular weight is 507 g/mol. The topological polar surface area (TPSA) is 105 Å². The Morgan fingerprint density at radius 1 is 1.00 bits per heavy atom. The van der Waals surface area contributed by atoms with Gasteiger partial charge in [0.2, 0.25) is 11.8 Å². The Morgan fingerprint density at radius 3 is 2.30 bits per heavy atom. The molecule has 0 aliphatic carbocycles. The number of hydrogen-bond donors (Lipinski definition) is 3. The summed E-state index contributed by atoms with van der Waals surface area (Å²) in [7, 11) is 0. The molecule has 0 spiro atoms. The minimum absolute atomic E-state index is 0.00892. The fourth-order valence-electron chi connectivity index (χ4n) is 4.43. The molecule has 2 amide bonds. The molecule has 3 N–H and O–H groups in total. The Labute approximate surface area is 219 Å². The number of ether oxygens (including phenoxy) is 1. The van der Waals surface area contributed by atoms with E-state index in [4.69, 9.17) is 4.74 Å². The van der Waals surface area contributed by atoms with Crippen LogP contribution in [0, 0.1) is 11.8 Å². The number of hydrogen-bond acceptors (Lipinski definition) is 5. The van der Waals surface area contributed by atoms with E-state index in [2.05, 4.69) is 10.6 Å². The summed E-state index contributed by atoms with van der Waals surface area (Å²) in [5, 5.41) is 15.0. The second kappa shape index (κ2) is 15.0. The number of esters is 1. The van der Waals surface area contributed by atoms with Gasteiger partial charge in [-0.1, -0.05) is 72.8 Å². The van der Waals surface area contributed by atoms with Crippen molar-refractivity contribution in [3.05, 3.63) is 83.9 Å². The Hall–Kier alpha value is -3.45. The van der Waals surface area contributed by atoms with Gasteiger partial charge in [-0.15, -0.1) is 0 Å². The lowest BCUT2D eigenvalue weighted by molar-refractivity contribution is -0.150. The van der Waals surface area contributed by atoms with Gasteiger partial charge in [-0.2, -0.15) is 0 Å². The standard InChI is InChI=1S/C30H38N2O5/c1-22(20-33)31-28(34)19-25-15-9-4-10-16-26(17-23-11-5-2-6-12-23)30(36)37-21-27(32-29(25)35)18-24-13-7-3-8-14-24/h2-9,11-14,22,25-27,33H,10,15-21H2,1H3,(H,31,34)(H,32,35). The Bertz CT molecular complexity index is 1020. The molecule has 7 heteroatoms. The molecule has 1 aliphatic heterocycles. The zero-order chi connectivity index (χ0) is 26.5. The molecule has 0 aromatic heterocycles. The van der Waals surface area contributed by atoms with Crippen molar-refractivity contribution in [1.82, 2.24) is 10.6 Å². The summed E-state index contributed by atoms with van der Waals surface area (Å²) in [5.74, 6) is -1.67. The third-order valence-corrected chi connectivity index (χ3v) is 6.51. The molecule has 198 valence electrons. The highest BCUT2D eigenvalue weighted by Gasteiger charge is 2.27. The van der Waals surface area contributed by atoms with Gasteiger partial charge in [-0.05, 0) is 50.2 Å². The van der Waals surface area contributed by atoms with Crippen LogP contribution < -0.4 is 10.6 Å². The number of rotatable bonds is 8. The minimum Gasteiger partial charge on any atom is -0.463 e. The lowest BCUT2D eigenvalue weighted by Crippen LogP contribution is -2.45. The van der Waals surface area contributed by atoms with Crippen LogP contribution in [-0.4, -0.2) is 48.2 Å². The lowest BCUT2D eigenvalue weighted by Gasteiger charge is -2.23. The molecule has 3 rings (SSSR count). The smallest absolute Gasteiger partial charge is 0.309 e. The number of nitrogens with one attached hydrogen (secondary N) is 2. The molecule has 37 heavy (non-hydrogen) atoms. The summed E-state index contributed by atoms with van der Waals surface area (Å²) >= 11 is 0. The maximum atomic E-state index is 13.3. The summed E-state index contributed by atoms with van der Waals surface area (Å²) in [4.78, 5) is 38.9. The Morgan fingerprint density at radius 2 is 1.65 bits per heavy atom. The van der Waals surface area contributed by atoms with Crippen molar-refractivity contribution in [2.45, 2.75) is 57.5 Å².